The maximum atomic E-state index is 11.2. The Labute approximate surface area is 107 Å². The molecule has 2 amide bonds. The van der Waals surface area contributed by atoms with Crippen LogP contribution in [0, 0.1) is 0 Å². The van der Waals surface area contributed by atoms with Crippen molar-refractivity contribution in [3.05, 3.63) is 40.8 Å². The van der Waals surface area contributed by atoms with Gasteiger partial charge in [-0.1, -0.05) is 6.07 Å². The van der Waals surface area contributed by atoms with E-state index >= 15 is 0 Å². The number of nitrogens with two attached hydrogens (primary N) is 1. The Bertz CT molecular complexity index is 487. The smallest absolute Gasteiger partial charge is 0.309 e. The fourth-order valence-corrected chi connectivity index (χ4v) is 2.37. The minimum Gasteiger partial charge on any atom is -0.361 e. The Kier molecular flexibility index (Phi) is 3.73. The van der Waals surface area contributed by atoms with Crippen LogP contribution < -0.4 is 11.1 Å². The van der Waals surface area contributed by atoms with Gasteiger partial charge < -0.3 is 11.1 Å². The summed E-state index contributed by atoms with van der Waals surface area (Å²) < 4.78 is 1.73. The first-order valence-corrected chi connectivity index (χ1v) is 6.16. The summed E-state index contributed by atoms with van der Waals surface area (Å²) in [6.45, 7) is 0.268. The summed E-state index contributed by atoms with van der Waals surface area (Å²) in [6.07, 6.45) is 3.47. The Hall–Kier alpha value is -2.15. The highest BCUT2D eigenvalue weighted by molar-refractivity contribution is 7.10. The molecule has 0 spiro atoms. The van der Waals surface area contributed by atoms with Crippen LogP contribution in [0.4, 0.5) is 0 Å². The van der Waals surface area contributed by atoms with Crippen LogP contribution in [0.3, 0.4) is 0 Å². The third-order valence-electron chi connectivity index (χ3n) is 2.40. The molecular weight excluding hydrogens is 252 g/mol. The lowest BCUT2D eigenvalue weighted by Crippen LogP contribution is -2.39. The zero-order valence-corrected chi connectivity index (χ0v) is 10.3. The number of amides is 2. The highest BCUT2D eigenvalue weighted by atomic mass is 32.1. The lowest BCUT2D eigenvalue weighted by Gasteiger charge is -2.16. The molecule has 2 aromatic heterocycles. The van der Waals surface area contributed by atoms with Crippen LogP contribution in [0.5, 0.6) is 0 Å². The van der Waals surface area contributed by atoms with Gasteiger partial charge in [-0.25, -0.2) is 0 Å². The van der Waals surface area contributed by atoms with Gasteiger partial charge >= 0.3 is 11.8 Å². The van der Waals surface area contributed by atoms with E-state index in [1.807, 2.05) is 17.5 Å². The Morgan fingerprint density at radius 1 is 1.50 bits per heavy atom. The lowest BCUT2D eigenvalue weighted by atomic mass is 10.2. The van der Waals surface area contributed by atoms with E-state index in [-0.39, 0.29) is 12.6 Å². The van der Waals surface area contributed by atoms with Gasteiger partial charge in [0.25, 0.3) is 0 Å². The van der Waals surface area contributed by atoms with Gasteiger partial charge in [-0.2, -0.15) is 5.10 Å². The molecule has 2 rings (SSSR count). The maximum Gasteiger partial charge on any atom is 0.309 e. The summed E-state index contributed by atoms with van der Waals surface area (Å²) in [6, 6.07) is 5.54. The second-order valence-corrected chi connectivity index (χ2v) is 4.57. The Balaban J connectivity index is 2.12. The van der Waals surface area contributed by atoms with Gasteiger partial charge in [0.1, 0.15) is 6.04 Å². The number of thiophene rings is 1. The molecule has 0 aliphatic carbocycles. The first kappa shape index (κ1) is 12.3. The van der Waals surface area contributed by atoms with E-state index in [0.717, 1.165) is 4.88 Å². The normalized spacial score (nSPS) is 12.0. The van der Waals surface area contributed by atoms with Gasteiger partial charge in [0.15, 0.2) is 0 Å². The zero-order valence-electron chi connectivity index (χ0n) is 9.45. The van der Waals surface area contributed by atoms with Crippen molar-refractivity contribution in [2.45, 2.75) is 6.04 Å². The molecular formula is C11H12N4O2S. The van der Waals surface area contributed by atoms with E-state index in [0.29, 0.717) is 0 Å². The Morgan fingerprint density at radius 3 is 2.89 bits per heavy atom. The average molecular weight is 264 g/mol. The molecule has 3 N–H and O–H groups in total. The van der Waals surface area contributed by atoms with Crippen LogP contribution in [-0.4, -0.2) is 28.1 Å². The summed E-state index contributed by atoms with van der Waals surface area (Å²) in [4.78, 5) is 22.9. The molecule has 0 radical (unpaired) electrons. The molecule has 0 bridgehead atoms. The number of nitrogens with zero attached hydrogens (tertiary/aromatic N) is 2. The topological polar surface area (TPSA) is 90.0 Å². The number of rotatable bonds is 4. The van der Waals surface area contributed by atoms with E-state index < -0.39 is 11.8 Å². The number of carbonyl (C=O) groups excluding carboxylic acids is 2. The third-order valence-corrected chi connectivity index (χ3v) is 3.37. The Morgan fingerprint density at radius 2 is 2.33 bits per heavy atom. The summed E-state index contributed by atoms with van der Waals surface area (Å²) in [5.41, 5.74) is 4.89. The van der Waals surface area contributed by atoms with Crippen LogP contribution >= 0.6 is 11.3 Å². The molecule has 1 atom stereocenters. The molecule has 1 unspecified atom stereocenters. The van der Waals surface area contributed by atoms with Gasteiger partial charge in [-0.3, -0.25) is 14.3 Å². The minimum absolute atomic E-state index is 0.136. The molecule has 2 aromatic rings. The predicted molar refractivity (Wildman–Crippen MR) is 66.9 cm³/mol. The highest BCUT2D eigenvalue weighted by Gasteiger charge is 2.17. The minimum atomic E-state index is -0.986. The second kappa shape index (κ2) is 5.46. The van der Waals surface area contributed by atoms with Crippen molar-refractivity contribution in [1.82, 2.24) is 15.1 Å². The molecule has 0 saturated carbocycles. The fourth-order valence-electron chi connectivity index (χ4n) is 1.55. The van der Waals surface area contributed by atoms with Crippen LogP contribution in [0.2, 0.25) is 0 Å². The van der Waals surface area contributed by atoms with Gasteiger partial charge in [-0.15, -0.1) is 11.3 Å². The van der Waals surface area contributed by atoms with Crippen molar-refractivity contribution in [2.75, 3.05) is 6.54 Å². The largest absolute Gasteiger partial charge is 0.361 e. The molecule has 0 fully saturated rings. The van der Waals surface area contributed by atoms with Crippen molar-refractivity contribution >= 4 is 23.2 Å². The number of aromatic nitrogens is 2. The molecule has 0 aliphatic heterocycles. The average Bonchev–Trinajstić information content (AvgIpc) is 3.01. The molecule has 94 valence electrons. The van der Waals surface area contributed by atoms with E-state index in [1.165, 1.54) is 0 Å². The summed E-state index contributed by atoms with van der Waals surface area (Å²) in [5, 5.41) is 8.59. The first-order valence-electron chi connectivity index (χ1n) is 5.28. The molecule has 0 aliphatic rings. The lowest BCUT2D eigenvalue weighted by molar-refractivity contribution is -0.137. The van der Waals surface area contributed by atoms with Gasteiger partial charge in [-0.05, 0) is 17.5 Å². The van der Waals surface area contributed by atoms with Gasteiger partial charge in [0, 0.05) is 23.8 Å². The zero-order chi connectivity index (χ0) is 13.0. The van der Waals surface area contributed by atoms with E-state index in [4.69, 9.17) is 5.73 Å². The summed E-state index contributed by atoms with van der Waals surface area (Å²) >= 11 is 1.56. The van der Waals surface area contributed by atoms with Gasteiger partial charge in [0.05, 0.1) is 0 Å². The quantitative estimate of drug-likeness (QED) is 0.769. The standard InChI is InChI=1S/C11H12N4O2S/c12-10(16)11(17)13-7-8(9-3-1-6-18-9)15-5-2-4-14-15/h1-6,8H,7H2,(H2,12,16)(H,13,17). The second-order valence-electron chi connectivity index (χ2n) is 3.59. The number of hydrogen-bond acceptors (Lipinski definition) is 4. The predicted octanol–water partition coefficient (Wildman–Crippen LogP) is 0.135. The van der Waals surface area contributed by atoms with Crippen molar-refractivity contribution < 1.29 is 9.59 Å². The molecule has 0 aromatic carbocycles. The molecule has 2 heterocycles. The molecule has 0 saturated heterocycles. The number of nitrogens with one attached hydrogen (secondary N) is 1. The molecule has 6 nitrogen and oxygen atoms in total. The number of hydrogen-bond donors (Lipinski definition) is 2. The van der Waals surface area contributed by atoms with Crippen molar-refractivity contribution in [3.8, 4) is 0 Å². The van der Waals surface area contributed by atoms with E-state index in [2.05, 4.69) is 10.4 Å². The number of primary amides is 1. The van der Waals surface area contributed by atoms with Crippen LogP contribution in [0.1, 0.15) is 10.9 Å². The third kappa shape index (κ3) is 2.75. The molecule has 7 heteroatoms. The van der Waals surface area contributed by atoms with Crippen LogP contribution in [0.15, 0.2) is 36.0 Å². The van der Waals surface area contributed by atoms with Crippen molar-refractivity contribution in [3.63, 3.8) is 0 Å². The van der Waals surface area contributed by atoms with Crippen molar-refractivity contribution in [2.24, 2.45) is 5.73 Å². The van der Waals surface area contributed by atoms with Crippen LogP contribution in [-0.2, 0) is 9.59 Å². The van der Waals surface area contributed by atoms with Gasteiger partial charge in [0.2, 0.25) is 0 Å². The highest BCUT2D eigenvalue weighted by Crippen LogP contribution is 2.21. The van der Waals surface area contributed by atoms with Crippen LogP contribution in [0.25, 0.3) is 0 Å². The molecule has 18 heavy (non-hydrogen) atoms. The van der Waals surface area contributed by atoms with Crippen molar-refractivity contribution in [1.29, 1.82) is 0 Å². The fraction of sp³-hybridized carbons (Fsp3) is 0.182. The monoisotopic (exact) mass is 264 g/mol. The van der Waals surface area contributed by atoms with E-state index in [9.17, 15) is 9.59 Å². The first-order chi connectivity index (χ1) is 8.68. The summed E-state index contributed by atoms with van der Waals surface area (Å²) in [7, 11) is 0. The van der Waals surface area contributed by atoms with E-state index in [1.54, 1.807) is 34.5 Å². The maximum absolute atomic E-state index is 11.2. The number of carbonyl (C=O) groups is 2. The SMILES string of the molecule is NC(=O)C(=O)NCC(c1cccs1)n1cccn1. The summed E-state index contributed by atoms with van der Waals surface area (Å²) in [5.74, 6) is -1.77.